The van der Waals surface area contributed by atoms with E-state index in [1.54, 1.807) is 18.2 Å². The van der Waals surface area contributed by atoms with Crippen molar-refractivity contribution >= 4 is 0 Å². The molecule has 2 aromatic rings. The van der Waals surface area contributed by atoms with Crippen LogP contribution in [0.15, 0.2) is 48.5 Å². The molecule has 1 radical (unpaired) electrons. The number of phenolic OH excluding ortho intramolecular Hbond substituents is 1. The Morgan fingerprint density at radius 3 is 2.60 bits per heavy atom. The summed E-state index contributed by atoms with van der Waals surface area (Å²) in [6, 6.07) is 17.6. The molecule has 2 heteroatoms. The Labute approximate surface area is 88.8 Å². The van der Waals surface area contributed by atoms with Gasteiger partial charge in [0.25, 0.3) is 0 Å². The summed E-state index contributed by atoms with van der Waals surface area (Å²) in [5.41, 5.74) is 1.07. The molecule has 0 fully saturated rings. The van der Waals surface area contributed by atoms with Crippen LogP contribution >= 0.6 is 0 Å². The molecule has 0 heterocycles. The van der Waals surface area contributed by atoms with Crippen LogP contribution in [-0.4, -0.2) is 5.11 Å². The summed E-state index contributed by atoms with van der Waals surface area (Å²) in [6.07, 6.45) is 0. The van der Waals surface area contributed by atoms with Crippen LogP contribution < -0.4 is 4.74 Å². The lowest BCUT2D eigenvalue weighted by Crippen LogP contribution is -1.94. The molecule has 2 rings (SSSR count). The zero-order chi connectivity index (χ0) is 10.5. The van der Waals surface area contributed by atoms with Crippen molar-refractivity contribution in [2.45, 2.75) is 6.61 Å². The number of phenols is 1. The highest BCUT2D eigenvalue weighted by molar-refractivity contribution is 5.37. The fourth-order valence-electron chi connectivity index (χ4n) is 1.26. The summed E-state index contributed by atoms with van der Waals surface area (Å²) in [4.78, 5) is 0. The molecular weight excluding hydrogens is 188 g/mol. The smallest absolute Gasteiger partial charge is 0.165 e. The SMILES string of the molecule is Oc1[c]cccc1OCc1ccccc1. The molecule has 0 saturated carbocycles. The van der Waals surface area contributed by atoms with Gasteiger partial charge in [-0.25, -0.2) is 0 Å². The highest BCUT2D eigenvalue weighted by Crippen LogP contribution is 2.24. The normalized spacial score (nSPS) is 9.87. The molecule has 2 aromatic carbocycles. The lowest BCUT2D eigenvalue weighted by atomic mass is 10.2. The van der Waals surface area contributed by atoms with E-state index in [1.165, 1.54) is 0 Å². The third-order valence-corrected chi connectivity index (χ3v) is 2.03. The van der Waals surface area contributed by atoms with E-state index in [0.717, 1.165) is 5.56 Å². The molecule has 15 heavy (non-hydrogen) atoms. The highest BCUT2D eigenvalue weighted by atomic mass is 16.5. The molecule has 0 atom stereocenters. The number of benzene rings is 2. The third kappa shape index (κ3) is 2.50. The molecular formula is C13H11O2. The van der Waals surface area contributed by atoms with Crippen molar-refractivity contribution in [2.75, 3.05) is 0 Å². The largest absolute Gasteiger partial charge is 0.504 e. The van der Waals surface area contributed by atoms with Gasteiger partial charge in [-0.1, -0.05) is 42.5 Å². The quantitative estimate of drug-likeness (QED) is 0.823. The Bertz CT molecular complexity index is 424. The minimum atomic E-state index is 0.0495. The average Bonchev–Trinajstić information content (AvgIpc) is 2.29. The van der Waals surface area contributed by atoms with Crippen molar-refractivity contribution in [1.29, 1.82) is 0 Å². The molecule has 0 aliphatic carbocycles. The summed E-state index contributed by atoms with van der Waals surface area (Å²) >= 11 is 0. The Hall–Kier alpha value is -1.96. The maximum atomic E-state index is 9.41. The highest BCUT2D eigenvalue weighted by Gasteiger charge is 2.00. The van der Waals surface area contributed by atoms with Crippen LogP contribution in [-0.2, 0) is 6.61 Å². The van der Waals surface area contributed by atoms with Crippen LogP contribution in [0.5, 0.6) is 11.5 Å². The average molecular weight is 199 g/mol. The molecule has 0 spiro atoms. The van der Waals surface area contributed by atoms with E-state index in [-0.39, 0.29) is 5.75 Å². The van der Waals surface area contributed by atoms with Crippen molar-refractivity contribution < 1.29 is 9.84 Å². The fourth-order valence-corrected chi connectivity index (χ4v) is 1.26. The number of para-hydroxylation sites is 1. The van der Waals surface area contributed by atoms with Crippen LogP contribution in [0.25, 0.3) is 0 Å². The fraction of sp³-hybridized carbons (Fsp3) is 0.0769. The lowest BCUT2D eigenvalue weighted by molar-refractivity contribution is 0.289. The summed E-state index contributed by atoms with van der Waals surface area (Å²) in [7, 11) is 0. The molecule has 0 aliphatic rings. The van der Waals surface area contributed by atoms with Crippen molar-refractivity contribution in [1.82, 2.24) is 0 Å². The second-order valence-corrected chi connectivity index (χ2v) is 3.16. The van der Waals surface area contributed by atoms with Crippen molar-refractivity contribution in [3.05, 3.63) is 60.2 Å². The van der Waals surface area contributed by atoms with Crippen LogP contribution in [0, 0.1) is 6.07 Å². The zero-order valence-corrected chi connectivity index (χ0v) is 8.18. The monoisotopic (exact) mass is 199 g/mol. The van der Waals surface area contributed by atoms with Gasteiger partial charge in [0, 0.05) is 6.07 Å². The van der Waals surface area contributed by atoms with Gasteiger partial charge in [-0.05, 0) is 11.6 Å². The molecule has 0 saturated heterocycles. The molecule has 0 unspecified atom stereocenters. The van der Waals surface area contributed by atoms with Gasteiger partial charge < -0.3 is 9.84 Å². The molecule has 1 N–H and O–H groups in total. The first-order valence-electron chi connectivity index (χ1n) is 4.72. The lowest BCUT2D eigenvalue weighted by Gasteiger charge is -2.06. The van der Waals surface area contributed by atoms with Crippen LogP contribution in [0.1, 0.15) is 5.56 Å². The van der Waals surface area contributed by atoms with E-state index in [0.29, 0.717) is 12.4 Å². The zero-order valence-electron chi connectivity index (χ0n) is 8.18. The number of hydrogen-bond acceptors (Lipinski definition) is 2. The van der Waals surface area contributed by atoms with Gasteiger partial charge in [0.2, 0.25) is 0 Å². The van der Waals surface area contributed by atoms with Crippen molar-refractivity contribution in [3.8, 4) is 11.5 Å². The van der Waals surface area contributed by atoms with Crippen molar-refractivity contribution in [3.63, 3.8) is 0 Å². The Morgan fingerprint density at radius 2 is 1.87 bits per heavy atom. The summed E-state index contributed by atoms with van der Waals surface area (Å²) in [5.74, 6) is 0.509. The van der Waals surface area contributed by atoms with E-state index in [4.69, 9.17) is 4.74 Å². The third-order valence-electron chi connectivity index (χ3n) is 2.03. The van der Waals surface area contributed by atoms with E-state index in [9.17, 15) is 5.11 Å². The van der Waals surface area contributed by atoms with Gasteiger partial charge in [-0.3, -0.25) is 0 Å². The number of aromatic hydroxyl groups is 1. The maximum Gasteiger partial charge on any atom is 0.165 e. The second kappa shape index (κ2) is 4.51. The summed E-state index contributed by atoms with van der Waals surface area (Å²) in [6.45, 7) is 0.451. The second-order valence-electron chi connectivity index (χ2n) is 3.16. The molecule has 75 valence electrons. The van der Waals surface area contributed by atoms with Gasteiger partial charge in [-0.2, -0.15) is 0 Å². The summed E-state index contributed by atoms with van der Waals surface area (Å²) in [5, 5.41) is 9.41. The molecule has 0 bridgehead atoms. The Morgan fingerprint density at radius 1 is 1.07 bits per heavy atom. The minimum Gasteiger partial charge on any atom is -0.504 e. The maximum absolute atomic E-state index is 9.41. The minimum absolute atomic E-state index is 0.0495. The van der Waals surface area contributed by atoms with E-state index >= 15 is 0 Å². The summed E-state index contributed by atoms with van der Waals surface area (Å²) < 4.78 is 5.44. The Kier molecular flexibility index (Phi) is 2.88. The number of hydrogen-bond donors (Lipinski definition) is 1. The van der Waals surface area contributed by atoms with Crippen LogP contribution in [0.2, 0.25) is 0 Å². The van der Waals surface area contributed by atoms with Crippen LogP contribution in [0.3, 0.4) is 0 Å². The first-order valence-corrected chi connectivity index (χ1v) is 4.72. The predicted molar refractivity (Wildman–Crippen MR) is 57.7 cm³/mol. The van der Waals surface area contributed by atoms with Gasteiger partial charge in [0.05, 0.1) is 0 Å². The standard InChI is InChI=1S/C13H11O2/c14-12-8-4-5-9-13(12)15-10-11-6-2-1-3-7-11/h1-7,9,14H,10H2. The van der Waals surface area contributed by atoms with Crippen LogP contribution in [0.4, 0.5) is 0 Å². The Balaban J connectivity index is 2.03. The molecule has 0 amide bonds. The number of ether oxygens (including phenoxy) is 1. The van der Waals surface area contributed by atoms with Gasteiger partial charge >= 0.3 is 0 Å². The topological polar surface area (TPSA) is 29.5 Å². The molecule has 0 aliphatic heterocycles. The van der Waals surface area contributed by atoms with E-state index < -0.39 is 0 Å². The molecule has 2 nitrogen and oxygen atoms in total. The first kappa shape index (κ1) is 9.59. The van der Waals surface area contributed by atoms with E-state index in [2.05, 4.69) is 6.07 Å². The van der Waals surface area contributed by atoms with Gasteiger partial charge in [-0.15, -0.1) is 0 Å². The molecule has 0 aromatic heterocycles. The van der Waals surface area contributed by atoms with Gasteiger partial charge in [0.15, 0.2) is 11.5 Å². The van der Waals surface area contributed by atoms with Gasteiger partial charge in [0.1, 0.15) is 6.61 Å². The van der Waals surface area contributed by atoms with Crippen molar-refractivity contribution in [2.24, 2.45) is 0 Å². The first-order chi connectivity index (χ1) is 7.36. The number of rotatable bonds is 3. The van der Waals surface area contributed by atoms with E-state index in [1.807, 2.05) is 30.3 Å². The predicted octanol–water partition coefficient (Wildman–Crippen LogP) is 2.77.